The van der Waals surface area contributed by atoms with Crippen LogP contribution in [0.4, 0.5) is 5.82 Å². The summed E-state index contributed by atoms with van der Waals surface area (Å²) in [7, 11) is 1.62. The van der Waals surface area contributed by atoms with Crippen LogP contribution in [0.25, 0.3) is 0 Å². The molecule has 7 heteroatoms. The monoisotopic (exact) mass is 282 g/mol. The highest BCUT2D eigenvalue weighted by Crippen LogP contribution is 2.37. The second kappa shape index (κ2) is 6.01. The van der Waals surface area contributed by atoms with E-state index in [2.05, 4.69) is 20.3 Å². The van der Waals surface area contributed by atoms with Crippen molar-refractivity contribution in [3.8, 4) is 5.75 Å². The second-order valence-corrected chi connectivity index (χ2v) is 5.54. The van der Waals surface area contributed by atoms with Crippen molar-refractivity contribution < 1.29 is 4.74 Å². The Kier molecular flexibility index (Phi) is 4.38. The number of hydrogen-bond donors (Lipinski definition) is 1. The summed E-state index contributed by atoms with van der Waals surface area (Å²) in [4.78, 5) is 12.8. The van der Waals surface area contributed by atoms with Crippen LogP contribution in [0.5, 0.6) is 5.75 Å². The summed E-state index contributed by atoms with van der Waals surface area (Å²) in [6.07, 6.45) is 1.53. The van der Waals surface area contributed by atoms with Gasteiger partial charge in [0.25, 0.3) is 0 Å². The van der Waals surface area contributed by atoms with Crippen LogP contribution in [0.2, 0.25) is 0 Å². The Balaban J connectivity index is 2.29. The van der Waals surface area contributed by atoms with E-state index >= 15 is 0 Å². The van der Waals surface area contributed by atoms with Crippen molar-refractivity contribution in [1.29, 1.82) is 0 Å². The molecule has 5 nitrogen and oxygen atoms in total. The van der Waals surface area contributed by atoms with Crippen molar-refractivity contribution in [3.63, 3.8) is 0 Å². The van der Waals surface area contributed by atoms with Crippen molar-refractivity contribution >= 4 is 28.9 Å². The Morgan fingerprint density at radius 1 is 1.44 bits per heavy atom. The lowest BCUT2D eigenvalue weighted by Gasteiger charge is -2.10. The van der Waals surface area contributed by atoms with Gasteiger partial charge in [0, 0.05) is 17.6 Å². The lowest BCUT2D eigenvalue weighted by atomic mass is 10.5. The molecule has 0 spiro atoms. The predicted octanol–water partition coefficient (Wildman–Crippen LogP) is 2.83. The summed E-state index contributed by atoms with van der Waals surface area (Å²) in [6, 6.07) is 0. The van der Waals surface area contributed by atoms with E-state index in [-0.39, 0.29) is 0 Å². The van der Waals surface area contributed by atoms with Crippen LogP contribution in [-0.2, 0) is 0 Å². The summed E-state index contributed by atoms with van der Waals surface area (Å²) in [5, 5.41) is 5.94. The van der Waals surface area contributed by atoms with E-state index in [1.807, 2.05) is 19.2 Å². The maximum atomic E-state index is 5.38. The first kappa shape index (κ1) is 13.1. The quantitative estimate of drug-likeness (QED) is 0.851. The van der Waals surface area contributed by atoms with Gasteiger partial charge >= 0.3 is 0 Å². The van der Waals surface area contributed by atoms with Gasteiger partial charge in [-0.15, -0.1) is 11.3 Å². The Bertz CT molecular complexity index is 530. The van der Waals surface area contributed by atoms with Gasteiger partial charge < -0.3 is 10.1 Å². The Labute approximate surface area is 114 Å². The topological polar surface area (TPSA) is 59.9 Å². The molecule has 0 aliphatic rings. The minimum absolute atomic E-state index is 0.664. The molecule has 1 N–H and O–H groups in total. The number of nitrogens with zero attached hydrogens (tertiary/aromatic N) is 3. The first-order valence-electron chi connectivity index (χ1n) is 5.47. The molecule has 0 atom stereocenters. The smallest absolute Gasteiger partial charge is 0.194 e. The van der Waals surface area contributed by atoms with Crippen LogP contribution < -0.4 is 10.1 Å². The number of aryl methyl sites for hydroxylation is 1. The van der Waals surface area contributed by atoms with E-state index in [9.17, 15) is 0 Å². The Morgan fingerprint density at radius 3 is 2.89 bits per heavy atom. The molecule has 0 aliphatic heterocycles. The molecule has 2 aromatic heterocycles. The number of ether oxygens (including phenoxy) is 1. The maximum absolute atomic E-state index is 5.38. The van der Waals surface area contributed by atoms with E-state index in [0.29, 0.717) is 11.6 Å². The predicted molar refractivity (Wildman–Crippen MR) is 73.7 cm³/mol. The van der Waals surface area contributed by atoms with Crippen LogP contribution in [0.15, 0.2) is 21.1 Å². The van der Waals surface area contributed by atoms with Gasteiger partial charge in [-0.25, -0.2) is 15.0 Å². The lowest BCUT2D eigenvalue weighted by Crippen LogP contribution is -2.03. The molecule has 0 bridgehead atoms. The molecule has 0 fully saturated rings. The molecule has 0 saturated heterocycles. The molecule has 2 rings (SSSR count). The normalized spacial score (nSPS) is 10.4. The fraction of sp³-hybridized carbons (Fsp3) is 0.364. The van der Waals surface area contributed by atoms with Gasteiger partial charge in [0.1, 0.15) is 6.33 Å². The number of thiazole rings is 1. The van der Waals surface area contributed by atoms with Crippen LogP contribution in [0.1, 0.15) is 12.6 Å². The summed E-state index contributed by atoms with van der Waals surface area (Å²) in [5.74, 6) is 1.38. The largest absolute Gasteiger partial charge is 0.490 e. The highest BCUT2D eigenvalue weighted by molar-refractivity contribution is 8.01. The molecule has 2 aromatic rings. The van der Waals surface area contributed by atoms with Gasteiger partial charge in [-0.3, -0.25) is 0 Å². The average molecular weight is 282 g/mol. The van der Waals surface area contributed by atoms with Crippen molar-refractivity contribution in [1.82, 2.24) is 15.0 Å². The highest BCUT2D eigenvalue weighted by atomic mass is 32.2. The van der Waals surface area contributed by atoms with Crippen LogP contribution in [0, 0.1) is 6.92 Å². The van der Waals surface area contributed by atoms with Crippen LogP contribution in [0.3, 0.4) is 0 Å². The van der Waals surface area contributed by atoms with E-state index in [1.165, 1.54) is 18.1 Å². The zero-order valence-electron chi connectivity index (χ0n) is 10.4. The zero-order valence-corrected chi connectivity index (χ0v) is 12.1. The Hall–Kier alpha value is -1.34. The van der Waals surface area contributed by atoms with Crippen LogP contribution in [-0.4, -0.2) is 28.6 Å². The maximum Gasteiger partial charge on any atom is 0.194 e. The number of aromatic nitrogens is 3. The van der Waals surface area contributed by atoms with Gasteiger partial charge in [-0.2, -0.15) is 0 Å². The van der Waals surface area contributed by atoms with E-state index in [0.717, 1.165) is 21.6 Å². The minimum atomic E-state index is 0.664. The van der Waals surface area contributed by atoms with Gasteiger partial charge in [-0.1, -0.05) is 0 Å². The van der Waals surface area contributed by atoms with E-state index < -0.39 is 0 Å². The third kappa shape index (κ3) is 2.91. The molecule has 2 heterocycles. The second-order valence-electron chi connectivity index (χ2n) is 3.45. The summed E-state index contributed by atoms with van der Waals surface area (Å²) in [6.45, 7) is 4.77. The molecule has 96 valence electrons. The molecule has 18 heavy (non-hydrogen) atoms. The number of anilines is 1. The van der Waals surface area contributed by atoms with Crippen molar-refractivity contribution in [2.45, 2.75) is 23.2 Å². The van der Waals surface area contributed by atoms with Crippen molar-refractivity contribution in [2.75, 3.05) is 19.0 Å². The zero-order chi connectivity index (χ0) is 13.0. The molecule has 0 amide bonds. The highest BCUT2D eigenvalue weighted by Gasteiger charge is 2.14. The average Bonchev–Trinajstić information content (AvgIpc) is 2.76. The molecular formula is C11H14N4OS2. The molecule has 0 radical (unpaired) electrons. The van der Waals surface area contributed by atoms with E-state index in [4.69, 9.17) is 4.74 Å². The van der Waals surface area contributed by atoms with Gasteiger partial charge in [-0.05, 0) is 25.6 Å². The first-order chi connectivity index (χ1) is 8.74. The summed E-state index contributed by atoms with van der Waals surface area (Å²) < 4.78 is 6.33. The molecular weight excluding hydrogens is 268 g/mol. The SMILES string of the molecule is CCNc1ncnc(Sc2nc(C)cs2)c1OC. The standard InChI is InChI=1S/C11H14N4OS2/c1-4-12-9-8(16-3)10(14-6-13-9)18-11-15-7(2)5-17-11/h5-6H,4H2,1-3H3,(H,12,13,14). The number of methoxy groups -OCH3 is 1. The van der Waals surface area contributed by atoms with E-state index in [1.54, 1.807) is 18.4 Å². The summed E-state index contributed by atoms with van der Waals surface area (Å²) >= 11 is 3.09. The molecule has 0 aliphatic carbocycles. The van der Waals surface area contributed by atoms with Crippen molar-refractivity contribution in [2.24, 2.45) is 0 Å². The molecule has 0 saturated carbocycles. The van der Waals surface area contributed by atoms with Gasteiger partial charge in [0.05, 0.1) is 7.11 Å². The van der Waals surface area contributed by atoms with Crippen LogP contribution >= 0.6 is 23.1 Å². The lowest BCUT2D eigenvalue weighted by molar-refractivity contribution is 0.400. The molecule has 0 unspecified atom stereocenters. The van der Waals surface area contributed by atoms with Crippen molar-refractivity contribution in [3.05, 3.63) is 17.4 Å². The number of nitrogens with one attached hydrogen (secondary N) is 1. The third-order valence-corrected chi connectivity index (χ3v) is 4.14. The fourth-order valence-electron chi connectivity index (χ4n) is 1.37. The number of rotatable bonds is 5. The third-order valence-electron chi connectivity index (χ3n) is 2.10. The molecule has 0 aromatic carbocycles. The fourth-order valence-corrected chi connectivity index (χ4v) is 3.19. The van der Waals surface area contributed by atoms with Gasteiger partial charge in [0.15, 0.2) is 20.9 Å². The first-order valence-corrected chi connectivity index (χ1v) is 7.17. The number of hydrogen-bond acceptors (Lipinski definition) is 7. The minimum Gasteiger partial charge on any atom is -0.490 e. The van der Waals surface area contributed by atoms with Gasteiger partial charge in [0.2, 0.25) is 0 Å². The summed E-state index contributed by atoms with van der Waals surface area (Å²) in [5.41, 5.74) is 1.02. The Morgan fingerprint density at radius 2 is 2.28 bits per heavy atom.